The van der Waals surface area contributed by atoms with Crippen LogP contribution in [0.5, 0.6) is 0 Å². The zero-order chi connectivity index (χ0) is 14.6. The molecular weight excluding hydrogens is 381 g/mol. The predicted molar refractivity (Wildman–Crippen MR) is 97.2 cm³/mol. The normalized spacial score (nSPS) is 11.3. The molecule has 3 N–H and O–H groups in total. The first-order valence-electron chi connectivity index (χ1n) is 6.83. The maximum absolute atomic E-state index is 5.80. The van der Waals surface area contributed by atoms with E-state index in [1.165, 1.54) is 0 Å². The lowest BCUT2D eigenvalue weighted by Gasteiger charge is -2.14. The highest BCUT2D eigenvalue weighted by Gasteiger charge is 1.97. The molecule has 0 saturated heterocycles. The van der Waals surface area contributed by atoms with Crippen LogP contribution in [0.15, 0.2) is 29.4 Å². The van der Waals surface area contributed by atoms with Crippen LogP contribution in [0.25, 0.3) is 0 Å². The first-order chi connectivity index (χ1) is 9.72. The SMILES string of the molecule is COCCN(C)CCN=C(N)NCCc1ccccn1.I. The molecule has 1 heterocycles. The number of likely N-dealkylation sites (N-methyl/N-ethyl adjacent to an activating group) is 1. The largest absolute Gasteiger partial charge is 0.383 e. The molecule has 21 heavy (non-hydrogen) atoms. The van der Waals surface area contributed by atoms with E-state index in [9.17, 15) is 0 Å². The summed E-state index contributed by atoms with van der Waals surface area (Å²) in [6.07, 6.45) is 2.63. The van der Waals surface area contributed by atoms with Crippen molar-refractivity contribution in [1.82, 2.24) is 15.2 Å². The van der Waals surface area contributed by atoms with Crippen LogP contribution in [0.1, 0.15) is 5.69 Å². The van der Waals surface area contributed by atoms with Crippen molar-refractivity contribution in [3.63, 3.8) is 0 Å². The lowest BCUT2D eigenvalue weighted by molar-refractivity contribution is 0.163. The predicted octanol–water partition coefficient (Wildman–Crippen LogP) is 0.725. The quantitative estimate of drug-likeness (QED) is 0.359. The third-order valence-electron chi connectivity index (χ3n) is 2.85. The molecule has 1 aromatic heterocycles. The molecule has 0 aromatic carbocycles. The smallest absolute Gasteiger partial charge is 0.188 e. The molecular formula is C14H26IN5O. The summed E-state index contributed by atoms with van der Waals surface area (Å²) < 4.78 is 5.01. The summed E-state index contributed by atoms with van der Waals surface area (Å²) in [5, 5.41) is 3.09. The molecule has 1 aromatic rings. The monoisotopic (exact) mass is 407 g/mol. The number of methoxy groups -OCH3 is 1. The van der Waals surface area contributed by atoms with E-state index in [-0.39, 0.29) is 24.0 Å². The van der Waals surface area contributed by atoms with Gasteiger partial charge in [-0.1, -0.05) is 6.07 Å². The fourth-order valence-corrected chi connectivity index (χ4v) is 1.62. The summed E-state index contributed by atoms with van der Waals surface area (Å²) in [5.41, 5.74) is 6.85. The molecule has 0 atom stereocenters. The van der Waals surface area contributed by atoms with Gasteiger partial charge in [-0.25, -0.2) is 0 Å². The highest BCUT2D eigenvalue weighted by atomic mass is 127. The van der Waals surface area contributed by atoms with Crippen LogP contribution in [0.2, 0.25) is 0 Å². The van der Waals surface area contributed by atoms with Crippen LogP contribution >= 0.6 is 24.0 Å². The zero-order valence-corrected chi connectivity index (χ0v) is 15.1. The number of nitrogens with two attached hydrogens (primary N) is 1. The van der Waals surface area contributed by atoms with E-state index in [0.29, 0.717) is 12.5 Å². The van der Waals surface area contributed by atoms with Crippen LogP contribution < -0.4 is 11.1 Å². The Labute approximate surface area is 144 Å². The van der Waals surface area contributed by atoms with Gasteiger partial charge in [0.1, 0.15) is 0 Å². The average Bonchev–Trinajstić information content (AvgIpc) is 2.46. The maximum atomic E-state index is 5.80. The lowest BCUT2D eigenvalue weighted by atomic mass is 10.3. The van der Waals surface area contributed by atoms with Crippen LogP contribution in [-0.2, 0) is 11.2 Å². The van der Waals surface area contributed by atoms with Gasteiger partial charge in [0.15, 0.2) is 5.96 Å². The fraction of sp³-hybridized carbons (Fsp3) is 0.571. The number of hydrogen-bond acceptors (Lipinski definition) is 4. The molecule has 0 spiro atoms. The van der Waals surface area contributed by atoms with Crippen molar-refractivity contribution in [2.24, 2.45) is 10.7 Å². The van der Waals surface area contributed by atoms with E-state index >= 15 is 0 Å². The zero-order valence-electron chi connectivity index (χ0n) is 12.8. The van der Waals surface area contributed by atoms with E-state index in [0.717, 1.165) is 38.4 Å². The Bertz CT molecular complexity index is 388. The van der Waals surface area contributed by atoms with Gasteiger partial charge in [0.25, 0.3) is 0 Å². The van der Waals surface area contributed by atoms with Gasteiger partial charge in [-0.3, -0.25) is 9.98 Å². The molecule has 7 heteroatoms. The molecule has 0 saturated carbocycles. The number of nitrogens with zero attached hydrogens (tertiary/aromatic N) is 3. The molecule has 1 rings (SSSR count). The minimum atomic E-state index is 0. The molecule has 0 amide bonds. The highest BCUT2D eigenvalue weighted by molar-refractivity contribution is 14.0. The highest BCUT2D eigenvalue weighted by Crippen LogP contribution is 1.92. The average molecular weight is 407 g/mol. The van der Waals surface area contributed by atoms with Crippen molar-refractivity contribution in [2.45, 2.75) is 6.42 Å². The first kappa shape index (κ1) is 20.1. The molecule has 120 valence electrons. The number of guanidine groups is 1. The maximum Gasteiger partial charge on any atom is 0.188 e. The van der Waals surface area contributed by atoms with Gasteiger partial charge in [-0.15, -0.1) is 24.0 Å². The van der Waals surface area contributed by atoms with E-state index in [1.54, 1.807) is 13.3 Å². The van der Waals surface area contributed by atoms with Crippen LogP contribution in [0.3, 0.4) is 0 Å². The summed E-state index contributed by atoms with van der Waals surface area (Å²) in [6, 6.07) is 5.89. The number of hydrogen-bond donors (Lipinski definition) is 2. The van der Waals surface area contributed by atoms with Gasteiger partial charge in [0, 0.05) is 45.1 Å². The van der Waals surface area contributed by atoms with Gasteiger partial charge < -0.3 is 20.7 Å². The first-order valence-corrected chi connectivity index (χ1v) is 6.83. The third kappa shape index (κ3) is 10.4. The summed E-state index contributed by atoms with van der Waals surface area (Å²) in [5.74, 6) is 0.487. The van der Waals surface area contributed by atoms with Crippen molar-refractivity contribution >= 4 is 29.9 Å². The summed E-state index contributed by atoms with van der Waals surface area (Å²) in [7, 11) is 3.74. The van der Waals surface area contributed by atoms with Gasteiger partial charge in [-0.05, 0) is 19.2 Å². The Balaban J connectivity index is 0.00000400. The molecule has 0 radical (unpaired) electrons. The molecule has 0 aliphatic carbocycles. The Hall–Kier alpha value is -0.930. The van der Waals surface area contributed by atoms with Crippen molar-refractivity contribution in [1.29, 1.82) is 0 Å². The Morgan fingerprint density at radius 2 is 2.24 bits per heavy atom. The molecule has 6 nitrogen and oxygen atoms in total. The number of rotatable bonds is 9. The number of pyridine rings is 1. The Morgan fingerprint density at radius 1 is 1.43 bits per heavy atom. The topological polar surface area (TPSA) is 75.8 Å². The van der Waals surface area contributed by atoms with E-state index in [1.807, 2.05) is 25.2 Å². The number of aromatic nitrogens is 1. The van der Waals surface area contributed by atoms with Crippen molar-refractivity contribution in [2.75, 3.05) is 46.9 Å². The molecule has 0 fully saturated rings. The Morgan fingerprint density at radius 3 is 2.90 bits per heavy atom. The van der Waals surface area contributed by atoms with Gasteiger partial charge in [0.05, 0.1) is 13.2 Å². The Kier molecular flexibility index (Phi) is 12.2. The van der Waals surface area contributed by atoms with Crippen LogP contribution in [-0.4, -0.2) is 62.8 Å². The number of nitrogens with one attached hydrogen (secondary N) is 1. The number of aliphatic imine (C=N–C) groups is 1. The fourth-order valence-electron chi connectivity index (χ4n) is 1.62. The van der Waals surface area contributed by atoms with Gasteiger partial charge in [0.2, 0.25) is 0 Å². The van der Waals surface area contributed by atoms with Crippen molar-refractivity contribution in [3.8, 4) is 0 Å². The molecule has 0 unspecified atom stereocenters. The second-order valence-electron chi connectivity index (χ2n) is 4.56. The molecule has 0 aliphatic heterocycles. The minimum absolute atomic E-state index is 0. The number of ether oxygens (including phenoxy) is 1. The third-order valence-corrected chi connectivity index (χ3v) is 2.85. The standard InChI is InChI=1S/C14H25N5O.HI/c1-19(11-12-20-2)10-9-18-14(15)17-8-6-13-5-3-4-7-16-13;/h3-5,7H,6,8-12H2,1-2H3,(H3,15,17,18);1H. The second kappa shape index (κ2) is 12.8. The van der Waals surface area contributed by atoms with Gasteiger partial charge >= 0.3 is 0 Å². The van der Waals surface area contributed by atoms with E-state index in [2.05, 4.69) is 20.2 Å². The van der Waals surface area contributed by atoms with Gasteiger partial charge in [-0.2, -0.15) is 0 Å². The summed E-state index contributed by atoms with van der Waals surface area (Å²) in [4.78, 5) is 10.7. The van der Waals surface area contributed by atoms with E-state index < -0.39 is 0 Å². The van der Waals surface area contributed by atoms with E-state index in [4.69, 9.17) is 10.5 Å². The lowest BCUT2D eigenvalue weighted by Crippen LogP contribution is -2.34. The second-order valence-corrected chi connectivity index (χ2v) is 4.56. The van der Waals surface area contributed by atoms with Crippen LogP contribution in [0.4, 0.5) is 0 Å². The number of halogens is 1. The van der Waals surface area contributed by atoms with Crippen LogP contribution in [0, 0.1) is 0 Å². The summed E-state index contributed by atoms with van der Waals surface area (Å²) >= 11 is 0. The van der Waals surface area contributed by atoms with Crippen molar-refractivity contribution < 1.29 is 4.74 Å². The van der Waals surface area contributed by atoms with Crippen molar-refractivity contribution in [3.05, 3.63) is 30.1 Å². The minimum Gasteiger partial charge on any atom is -0.383 e. The molecule has 0 bridgehead atoms. The molecule has 0 aliphatic rings. The summed E-state index contributed by atoms with van der Waals surface area (Å²) in [6.45, 7) is 3.93.